The maximum absolute atomic E-state index is 13.7. The molecule has 4 rings (SSSR count). The third kappa shape index (κ3) is 10.7. The minimum absolute atomic E-state index is 0.0849. The van der Waals surface area contributed by atoms with Crippen molar-refractivity contribution in [3.05, 3.63) is 60.0 Å². The zero-order valence-corrected chi connectivity index (χ0v) is 23.7. The summed E-state index contributed by atoms with van der Waals surface area (Å²) in [6.07, 6.45) is 14.2. The van der Waals surface area contributed by atoms with E-state index < -0.39 is 18.2 Å². The lowest BCUT2D eigenvalue weighted by Crippen LogP contribution is -2.31. The molecule has 7 atom stereocenters. The number of benzene rings is 1. The lowest BCUT2D eigenvalue weighted by atomic mass is 9.89. The van der Waals surface area contributed by atoms with Crippen molar-refractivity contribution in [2.75, 3.05) is 13.2 Å². The summed E-state index contributed by atoms with van der Waals surface area (Å²) < 4.78 is 38.0. The Morgan fingerprint density at radius 3 is 2.61 bits per heavy atom. The van der Waals surface area contributed by atoms with Gasteiger partial charge in [-0.3, -0.25) is 4.79 Å². The number of unbranched alkanes of at least 4 members (excludes halogenated alkanes) is 1. The Labute approximate surface area is 242 Å². The molecule has 0 spiro atoms. The first-order valence-electron chi connectivity index (χ1n) is 15.0. The van der Waals surface area contributed by atoms with Gasteiger partial charge in [-0.2, -0.15) is 0 Å². The van der Waals surface area contributed by atoms with Crippen LogP contribution < -0.4 is 0 Å². The van der Waals surface area contributed by atoms with Gasteiger partial charge >= 0.3 is 5.97 Å². The van der Waals surface area contributed by atoms with E-state index in [1.54, 1.807) is 12.1 Å². The molecule has 224 valence electrons. The number of allylic oxidation sites excluding steroid dienone is 2. The van der Waals surface area contributed by atoms with Crippen LogP contribution in [0.1, 0.15) is 76.2 Å². The maximum atomic E-state index is 13.7. The van der Waals surface area contributed by atoms with Crippen molar-refractivity contribution in [2.24, 2.45) is 11.8 Å². The third-order valence-electron chi connectivity index (χ3n) is 7.82. The second-order valence-electron chi connectivity index (χ2n) is 11.0. The summed E-state index contributed by atoms with van der Waals surface area (Å²) in [4.78, 5) is 10.8. The van der Waals surface area contributed by atoms with Gasteiger partial charge in [-0.15, -0.1) is 0 Å². The highest BCUT2D eigenvalue weighted by atomic mass is 19.1. The van der Waals surface area contributed by atoms with Gasteiger partial charge in [0.1, 0.15) is 11.9 Å². The Morgan fingerprint density at radius 1 is 1.12 bits per heavy atom. The molecule has 0 amide bonds. The van der Waals surface area contributed by atoms with Gasteiger partial charge < -0.3 is 29.2 Å². The Morgan fingerprint density at radius 2 is 1.90 bits per heavy atom. The summed E-state index contributed by atoms with van der Waals surface area (Å²) in [6, 6.07) is 6.17. The van der Waals surface area contributed by atoms with Crippen LogP contribution in [0.25, 0.3) is 0 Å². The highest BCUT2D eigenvalue weighted by molar-refractivity contribution is 5.66. The van der Waals surface area contributed by atoms with E-state index >= 15 is 0 Å². The van der Waals surface area contributed by atoms with Crippen LogP contribution in [0, 0.1) is 29.5 Å². The normalized spacial score (nSPS) is 29.4. The van der Waals surface area contributed by atoms with Gasteiger partial charge in [0, 0.05) is 37.5 Å². The lowest BCUT2D eigenvalue weighted by Gasteiger charge is -2.29. The van der Waals surface area contributed by atoms with Crippen molar-refractivity contribution < 1.29 is 38.3 Å². The third-order valence-corrected chi connectivity index (χ3v) is 7.82. The lowest BCUT2D eigenvalue weighted by molar-refractivity contribution is -0.193. The largest absolute Gasteiger partial charge is 0.481 e. The van der Waals surface area contributed by atoms with Crippen molar-refractivity contribution in [2.45, 2.75) is 102 Å². The van der Waals surface area contributed by atoms with Crippen LogP contribution in [0.3, 0.4) is 0 Å². The number of hydrogen-bond acceptors (Lipinski definition) is 6. The van der Waals surface area contributed by atoms with Gasteiger partial charge in [-0.25, -0.2) is 4.39 Å². The minimum atomic E-state index is -0.796. The minimum Gasteiger partial charge on any atom is -0.481 e. The molecule has 3 unspecified atom stereocenters. The van der Waals surface area contributed by atoms with E-state index in [1.165, 1.54) is 12.1 Å². The Hall–Kier alpha value is -2.54. The second-order valence-corrected chi connectivity index (χ2v) is 11.0. The summed E-state index contributed by atoms with van der Waals surface area (Å²) in [5.41, 5.74) is 0.564. The van der Waals surface area contributed by atoms with Crippen molar-refractivity contribution in [1.82, 2.24) is 0 Å². The number of halogens is 1. The summed E-state index contributed by atoms with van der Waals surface area (Å²) in [5.74, 6) is 4.84. The number of aliphatic hydroxyl groups is 1. The van der Waals surface area contributed by atoms with Gasteiger partial charge in [-0.05, 0) is 88.0 Å². The first-order chi connectivity index (χ1) is 20.0. The summed E-state index contributed by atoms with van der Waals surface area (Å²) >= 11 is 0. The molecular formula is C33H43FO7. The maximum Gasteiger partial charge on any atom is 0.303 e. The molecule has 0 radical (unpaired) electrons. The topological polar surface area (TPSA) is 94.5 Å². The monoisotopic (exact) mass is 570 g/mol. The van der Waals surface area contributed by atoms with E-state index in [0.717, 1.165) is 38.5 Å². The molecule has 1 aromatic rings. The molecule has 2 N–H and O–H groups in total. The molecule has 1 saturated carbocycles. The number of carboxylic acid groups (broad SMARTS) is 1. The highest BCUT2D eigenvalue weighted by Crippen LogP contribution is 2.39. The van der Waals surface area contributed by atoms with Crippen molar-refractivity contribution in [1.29, 1.82) is 0 Å². The standard InChI is InChI=1S/C33H43FO7/c34-25-11-9-10-24(22-25)16-17-26(40-32-14-5-7-20-38-32)18-19-28-27(12-3-1-2-4-13-31(36)37)29(35)23-30(28)41-33-15-6-8-21-39-33/h1,3,9-11,18-19,22,26-30,32-33,35H,2,4-8,12-15,20-21,23H2,(H,36,37)/b3-1-,19-18+/t26?,27-,28-,29+,30-,32?,33?/m1/s1. The van der Waals surface area contributed by atoms with Crippen LogP contribution in [0.5, 0.6) is 0 Å². The molecule has 41 heavy (non-hydrogen) atoms. The van der Waals surface area contributed by atoms with Crippen LogP contribution in [0.4, 0.5) is 4.39 Å². The number of ether oxygens (including phenoxy) is 4. The summed E-state index contributed by atoms with van der Waals surface area (Å²) in [5, 5.41) is 19.9. The molecule has 3 fully saturated rings. The summed E-state index contributed by atoms with van der Waals surface area (Å²) in [6.45, 7) is 1.32. The fourth-order valence-corrected chi connectivity index (χ4v) is 5.64. The Bertz CT molecular complexity index is 1060. The molecule has 2 saturated heterocycles. The Kier molecular flexibility index (Phi) is 12.9. The molecule has 8 heteroatoms. The van der Waals surface area contributed by atoms with Crippen LogP contribution in [0.15, 0.2) is 48.6 Å². The predicted molar refractivity (Wildman–Crippen MR) is 152 cm³/mol. The number of aliphatic carboxylic acids is 1. The first-order valence-corrected chi connectivity index (χ1v) is 15.0. The quantitative estimate of drug-likeness (QED) is 0.188. The number of hydrogen-bond donors (Lipinski definition) is 2. The average molecular weight is 571 g/mol. The number of rotatable bonds is 12. The zero-order valence-electron chi connectivity index (χ0n) is 23.7. The predicted octanol–water partition coefficient (Wildman–Crippen LogP) is 5.76. The van der Waals surface area contributed by atoms with Crippen molar-refractivity contribution >= 4 is 5.97 Å². The van der Waals surface area contributed by atoms with Gasteiger partial charge in [0.25, 0.3) is 0 Å². The van der Waals surface area contributed by atoms with E-state index in [1.807, 2.05) is 24.3 Å². The van der Waals surface area contributed by atoms with Gasteiger partial charge in [0.05, 0.1) is 12.2 Å². The van der Waals surface area contributed by atoms with E-state index in [-0.39, 0.29) is 42.8 Å². The van der Waals surface area contributed by atoms with Gasteiger partial charge in [-0.1, -0.05) is 36.1 Å². The summed E-state index contributed by atoms with van der Waals surface area (Å²) in [7, 11) is 0. The first kappa shape index (κ1) is 31.4. The molecular weight excluding hydrogens is 527 g/mol. The second kappa shape index (κ2) is 16.8. The molecule has 3 aliphatic rings. The van der Waals surface area contributed by atoms with Crippen LogP contribution >= 0.6 is 0 Å². The van der Waals surface area contributed by atoms with Crippen LogP contribution in [-0.4, -0.2) is 60.3 Å². The molecule has 0 bridgehead atoms. The van der Waals surface area contributed by atoms with Crippen LogP contribution in [-0.2, 0) is 23.7 Å². The molecule has 2 heterocycles. The van der Waals surface area contributed by atoms with E-state index in [0.29, 0.717) is 44.5 Å². The smallest absolute Gasteiger partial charge is 0.303 e. The zero-order chi connectivity index (χ0) is 28.9. The van der Waals surface area contributed by atoms with E-state index in [2.05, 4.69) is 11.8 Å². The fourth-order valence-electron chi connectivity index (χ4n) is 5.64. The highest BCUT2D eigenvalue weighted by Gasteiger charge is 2.42. The SMILES string of the molecule is O=C(O)CCC/C=C\C[C@@H]1[C@@H](/C=C/C(C#Cc2cccc(F)c2)OC2CCCCO2)[C@H](OC2CCCCO2)C[C@@H]1O. The van der Waals surface area contributed by atoms with E-state index in [4.69, 9.17) is 24.1 Å². The molecule has 0 aromatic heterocycles. The van der Waals surface area contributed by atoms with Gasteiger partial charge in [0.15, 0.2) is 12.6 Å². The fraction of sp³-hybridized carbons (Fsp3) is 0.606. The van der Waals surface area contributed by atoms with Crippen LogP contribution in [0.2, 0.25) is 0 Å². The van der Waals surface area contributed by atoms with Crippen molar-refractivity contribution in [3.8, 4) is 11.8 Å². The molecule has 2 aliphatic heterocycles. The van der Waals surface area contributed by atoms with Gasteiger partial charge in [0.2, 0.25) is 0 Å². The Balaban J connectivity index is 1.50. The average Bonchev–Trinajstić information content (AvgIpc) is 3.26. The molecule has 1 aliphatic carbocycles. The molecule has 7 nitrogen and oxygen atoms in total. The number of carbonyl (C=O) groups is 1. The molecule has 1 aromatic carbocycles. The van der Waals surface area contributed by atoms with Crippen molar-refractivity contribution in [3.63, 3.8) is 0 Å². The number of carboxylic acids is 1. The number of aliphatic hydroxyl groups excluding tert-OH is 1. The van der Waals surface area contributed by atoms with E-state index in [9.17, 15) is 14.3 Å².